The first-order chi connectivity index (χ1) is 12.7. The molecule has 3 aromatic rings. The van der Waals surface area contributed by atoms with E-state index in [9.17, 15) is 9.59 Å². The van der Waals surface area contributed by atoms with Gasteiger partial charge in [-0.1, -0.05) is 11.8 Å². The van der Waals surface area contributed by atoms with Gasteiger partial charge in [0.2, 0.25) is 5.91 Å². The summed E-state index contributed by atoms with van der Waals surface area (Å²) in [5.74, 6) is 1.82. The van der Waals surface area contributed by atoms with Crippen LogP contribution in [0.5, 0.6) is 0 Å². The minimum absolute atomic E-state index is 0.106. The fourth-order valence-electron chi connectivity index (χ4n) is 3.12. The molecule has 2 aliphatic carbocycles. The lowest BCUT2D eigenvalue weighted by molar-refractivity contribution is -0.113. The Kier molecular flexibility index (Phi) is 3.63. The van der Waals surface area contributed by atoms with E-state index in [4.69, 9.17) is 0 Å². The molecule has 0 atom stereocenters. The van der Waals surface area contributed by atoms with Crippen molar-refractivity contribution in [3.8, 4) is 0 Å². The zero-order valence-electron chi connectivity index (χ0n) is 14.0. The summed E-state index contributed by atoms with van der Waals surface area (Å²) < 4.78 is 2.24. The lowest BCUT2D eigenvalue weighted by Crippen LogP contribution is -2.14. The molecule has 1 amide bonds. The van der Waals surface area contributed by atoms with Crippen molar-refractivity contribution in [2.75, 3.05) is 11.1 Å². The van der Waals surface area contributed by atoms with Crippen LogP contribution in [0.2, 0.25) is 0 Å². The number of aromatic nitrogens is 5. The smallest absolute Gasteiger partial charge is 0.323 e. The average molecular weight is 370 g/mol. The average Bonchev–Trinajstić information content (AvgIpc) is 3.54. The molecule has 2 aromatic heterocycles. The molecule has 1 aromatic carbocycles. The third-order valence-corrected chi connectivity index (χ3v) is 5.62. The van der Waals surface area contributed by atoms with E-state index in [-0.39, 0.29) is 17.3 Å². The lowest BCUT2D eigenvalue weighted by Gasteiger charge is -2.08. The largest absolute Gasteiger partial charge is 0.325 e. The summed E-state index contributed by atoms with van der Waals surface area (Å²) in [6, 6.07) is 5.79. The molecule has 134 valence electrons. The first kappa shape index (κ1) is 15.7. The summed E-state index contributed by atoms with van der Waals surface area (Å²) in [4.78, 5) is 29.0. The normalized spacial score (nSPS) is 16.9. The molecule has 0 aliphatic heterocycles. The van der Waals surface area contributed by atoms with Gasteiger partial charge in [0.25, 0.3) is 0 Å². The maximum Gasteiger partial charge on any atom is 0.323 e. The summed E-state index contributed by atoms with van der Waals surface area (Å²) in [7, 11) is 0. The lowest BCUT2D eigenvalue weighted by atomic mass is 10.3. The first-order valence-corrected chi connectivity index (χ1v) is 9.75. The number of rotatable bonds is 6. The van der Waals surface area contributed by atoms with Crippen LogP contribution in [-0.4, -0.2) is 36.4 Å². The van der Waals surface area contributed by atoms with Crippen LogP contribution in [-0.2, 0) is 4.79 Å². The molecular formula is C17H18N6O2S. The third kappa shape index (κ3) is 3.03. The Labute approximate surface area is 152 Å². The van der Waals surface area contributed by atoms with E-state index in [1.165, 1.54) is 37.4 Å². The Hall–Kier alpha value is -2.55. The second-order valence-corrected chi connectivity index (χ2v) is 7.84. The van der Waals surface area contributed by atoms with E-state index in [1.54, 1.807) is 18.2 Å². The molecule has 9 heteroatoms. The standard InChI is InChI=1S/C17H18N6O2S/c24-14(18-10-3-6-12-13(7-10)20-16(25)19-12)8-26-17-22-21-15(9-1-2-9)23(17)11-4-5-11/h3,6-7,9,11H,1-2,4-5,8H2,(H,18,24)(H2,19,20,25). The molecule has 0 bridgehead atoms. The quantitative estimate of drug-likeness (QED) is 0.577. The van der Waals surface area contributed by atoms with Gasteiger partial charge in [-0.15, -0.1) is 10.2 Å². The Morgan fingerprint density at radius 3 is 2.77 bits per heavy atom. The Bertz CT molecular complexity index is 1040. The predicted octanol–water partition coefficient (Wildman–Crippen LogP) is 2.39. The van der Waals surface area contributed by atoms with E-state index in [0.717, 1.165) is 11.0 Å². The van der Waals surface area contributed by atoms with Crippen LogP contribution >= 0.6 is 11.8 Å². The highest BCUT2D eigenvalue weighted by Gasteiger charge is 2.36. The van der Waals surface area contributed by atoms with Crippen LogP contribution in [0.25, 0.3) is 11.0 Å². The predicted molar refractivity (Wildman–Crippen MR) is 98.5 cm³/mol. The van der Waals surface area contributed by atoms with Crippen molar-refractivity contribution in [1.29, 1.82) is 0 Å². The number of benzene rings is 1. The number of thioether (sulfide) groups is 1. The van der Waals surface area contributed by atoms with Gasteiger partial charge in [0.05, 0.1) is 16.8 Å². The zero-order valence-corrected chi connectivity index (χ0v) is 14.8. The Morgan fingerprint density at radius 1 is 1.19 bits per heavy atom. The van der Waals surface area contributed by atoms with Gasteiger partial charge in [-0.05, 0) is 43.9 Å². The van der Waals surface area contributed by atoms with Gasteiger partial charge in [-0.25, -0.2) is 4.79 Å². The van der Waals surface area contributed by atoms with E-state index >= 15 is 0 Å². The number of H-pyrrole nitrogens is 2. The summed E-state index contributed by atoms with van der Waals surface area (Å²) >= 11 is 1.43. The van der Waals surface area contributed by atoms with E-state index in [2.05, 4.69) is 30.0 Å². The van der Waals surface area contributed by atoms with Gasteiger partial charge in [0.1, 0.15) is 5.82 Å². The molecule has 3 N–H and O–H groups in total. The van der Waals surface area contributed by atoms with Crippen LogP contribution in [0, 0.1) is 0 Å². The van der Waals surface area contributed by atoms with Gasteiger partial charge in [0.15, 0.2) is 5.16 Å². The minimum atomic E-state index is -0.259. The number of aromatic amines is 2. The summed E-state index contributed by atoms with van der Waals surface area (Å²) in [5, 5.41) is 12.4. The molecule has 2 heterocycles. The van der Waals surface area contributed by atoms with Crippen molar-refractivity contribution >= 4 is 34.4 Å². The highest BCUT2D eigenvalue weighted by molar-refractivity contribution is 7.99. The number of hydrogen-bond donors (Lipinski definition) is 3. The summed E-state index contributed by atoms with van der Waals surface area (Å²) in [6.45, 7) is 0. The molecule has 26 heavy (non-hydrogen) atoms. The molecular weight excluding hydrogens is 352 g/mol. The van der Waals surface area contributed by atoms with E-state index in [0.29, 0.717) is 28.7 Å². The molecule has 0 unspecified atom stereocenters. The summed E-state index contributed by atoms with van der Waals surface area (Å²) in [6.07, 6.45) is 4.73. The van der Waals surface area contributed by atoms with Crippen molar-refractivity contribution < 1.29 is 4.79 Å². The maximum atomic E-state index is 12.3. The number of nitrogens with one attached hydrogen (secondary N) is 3. The van der Waals surface area contributed by atoms with Crippen LogP contribution in [0.1, 0.15) is 43.5 Å². The number of carbonyl (C=O) groups excluding carboxylic acids is 1. The summed E-state index contributed by atoms with van der Waals surface area (Å²) in [5.41, 5.74) is 1.78. The second-order valence-electron chi connectivity index (χ2n) is 6.89. The van der Waals surface area contributed by atoms with Crippen LogP contribution in [0.3, 0.4) is 0 Å². The number of fused-ring (bicyclic) bond motifs is 1. The number of nitrogens with zero attached hydrogens (tertiary/aromatic N) is 3. The van der Waals surface area contributed by atoms with Crippen molar-refractivity contribution in [3.05, 3.63) is 34.5 Å². The monoisotopic (exact) mass is 370 g/mol. The van der Waals surface area contributed by atoms with Crippen LogP contribution < -0.4 is 11.0 Å². The van der Waals surface area contributed by atoms with Gasteiger partial charge in [-0.2, -0.15) is 0 Å². The molecule has 2 aliphatic rings. The van der Waals surface area contributed by atoms with Crippen molar-refractivity contribution in [2.24, 2.45) is 0 Å². The molecule has 0 radical (unpaired) electrons. The van der Waals surface area contributed by atoms with Gasteiger partial charge >= 0.3 is 5.69 Å². The number of amides is 1. The molecule has 0 saturated heterocycles. The van der Waals surface area contributed by atoms with Crippen molar-refractivity contribution in [2.45, 2.75) is 42.8 Å². The van der Waals surface area contributed by atoms with Gasteiger partial charge < -0.3 is 19.9 Å². The Balaban J connectivity index is 1.26. The maximum absolute atomic E-state index is 12.3. The number of imidazole rings is 1. The van der Waals surface area contributed by atoms with Gasteiger partial charge in [-0.3, -0.25) is 4.79 Å². The zero-order chi connectivity index (χ0) is 17.7. The first-order valence-electron chi connectivity index (χ1n) is 8.77. The fraction of sp³-hybridized carbons (Fsp3) is 0.412. The number of carbonyl (C=O) groups is 1. The molecule has 8 nitrogen and oxygen atoms in total. The SMILES string of the molecule is O=C(CSc1nnc(C2CC2)n1C1CC1)Nc1ccc2[nH]c(=O)[nH]c2c1. The van der Waals surface area contributed by atoms with Crippen molar-refractivity contribution in [3.63, 3.8) is 0 Å². The van der Waals surface area contributed by atoms with E-state index < -0.39 is 0 Å². The highest BCUT2D eigenvalue weighted by Crippen LogP contribution is 2.45. The van der Waals surface area contributed by atoms with E-state index in [1.807, 2.05) is 0 Å². The highest BCUT2D eigenvalue weighted by atomic mass is 32.2. The Morgan fingerprint density at radius 2 is 2.00 bits per heavy atom. The topological polar surface area (TPSA) is 108 Å². The number of hydrogen-bond acceptors (Lipinski definition) is 5. The third-order valence-electron chi connectivity index (χ3n) is 4.68. The van der Waals surface area contributed by atoms with Crippen molar-refractivity contribution in [1.82, 2.24) is 24.7 Å². The van der Waals surface area contributed by atoms with Gasteiger partial charge in [0, 0.05) is 17.6 Å². The second kappa shape index (κ2) is 6.01. The number of anilines is 1. The molecule has 2 fully saturated rings. The molecule has 2 saturated carbocycles. The molecule has 5 rings (SSSR count). The fourth-order valence-corrected chi connectivity index (χ4v) is 3.93. The minimum Gasteiger partial charge on any atom is -0.325 e. The molecule has 0 spiro atoms. The van der Waals surface area contributed by atoms with Crippen LogP contribution in [0.15, 0.2) is 28.2 Å². The van der Waals surface area contributed by atoms with Crippen LogP contribution in [0.4, 0.5) is 5.69 Å².